The monoisotopic (exact) mass is 481 g/mol. The van der Waals surface area contributed by atoms with Gasteiger partial charge in [0.1, 0.15) is 23.4 Å². The van der Waals surface area contributed by atoms with Gasteiger partial charge in [-0.05, 0) is 52.3 Å². The number of carbonyl (C=O) groups excluding carboxylic acids is 4. The van der Waals surface area contributed by atoms with Crippen molar-refractivity contribution < 1.29 is 38.9 Å². The van der Waals surface area contributed by atoms with Crippen molar-refractivity contribution in [2.24, 2.45) is 0 Å². The fourth-order valence-corrected chi connectivity index (χ4v) is 3.05. The van der Waals surface area contributed by atoms with Gasteiger partial charge in [0.2, 0.25) is 11.8 Å². The molecule has 34 heavy (non-hydrogen) atoms. The number of hydrogen-bond acceptors (Lipinski definition) is 8. The number of hydrogen-bond donors (Lipinski definition) is 4. The second-order valence-electron chi connectivity index (χ2n) is 8.47. The minimum atomic E-state index is -1.25. The number of esters is 1. The predicted octanol–water partition coefficient (Wildman–Crippen LogP) is 1.24. The molecule has 2 unspecified atom stereocenters. The lowest BCUT2D eigenvalue weighted by molar-refractivity contribution is -0.144. The van der Waals surface area contributed by atoms with Crippen molar-refractivity contribution in [3.8, 4) is 5.75 Å². The number of aliphatic hydroxyl groups is 1. The van der Waals surface area contributed by atoms with Gasteiger partial charge in [0.25, 0.3) is 0 Å². The first-order valence-corrected chi connectivity index (χ1v) is 11.0. The maximum Gasteiger partial charge on any atom is 0.408 e. The maximum atomic E-state index is 13.2. The quantitative estimate of drug-likeness (QED) is 0.344. The van der Waals surface area contributed by atoms with Gasteiger partial charge in [0.15, 0.2) is 0 Å². The van der Waals surface area contributed by atoms with E-state index in [1.807, 2.05) is 0 Å². The number of phenols is 1. The third-order valence-electron chi connectivity index (χ3n) is 4.41. The lowest BCUT2D eigenvalue weighted by Crippen LogP contribution is -2.52. The Bertz CT molecular complexity index is 853. The number of amides is 3. The van der Waals surface area contributed by atoms with E-state index in [-0.39, 0.29) is 37.4 Å². The van der Waals surface area contributed by atoms with Crippen molar-refractivity contribution in [3.05, 3.63) is 29.8 Å². The van der Waals surface area contributed by atoms with E-state index in [1.165, 1.54) is 25.1 Å². The van der Waals surface area contributed by atoms with Gasteiger partial charge in [-0.1, -0.05) is 12.1 Å². The van der Waals surface area contributed by atoms with E-state index in [0.717, 1.165) is 4.90 Å². The zero-order valence-electron chi connectivity index (χ0n) is 20.3. The summed E-state index contributed by atoms with van der Waals surface area (Å²) in [7, 11) is 0. The van der Waals surface area contributed by atoms with Crippen LogP contribution in [0.15, 0.2) is 24.3 Å². The summed E-state index contributed by atoms with van der Waals surface area (Å²) in [5.41, 5.74) is -0.500. The number of nitrogens with zero attached hydrogens (tertiary/aromatic N) is 1. The van der Waals surface area contributed by atoms with Gasteiger partial charge in [0, 0.05) is 13.1 Å². The number of carbonyl (C=O) groups is 4. The zero-order chi connectivity index (χ0) is 25.9. The van der Waals surface area contributed by atoms with E-state index < -0.39 is 48.2 Å². The van der Waals surface area contributed by atoms with Crippen molar-refractivity contribution in [3.63, 3.8) is 0 Å². The van der Waals surface area contributed by atoms with E-state index in [1.54, 1.807) is 33.8 Å². The van der Waals surface area contributed by atoms with E-state index in [0.29, 0.717) is 0 Å². The second kappa shape index (κ2) is 13.4. The lowest BCUT2D eigenvalue weighted by Gasteiger charge is -2.33. The molecule has 1 aromatic carbocycles. The third kappa shape index (κ3) is 9.65. The molecule has 11 heteroatoms. The standard InChI is InChI=1S/C23H35N3O8/c1-6-33-18(29)10-11-24-20(30)19(16-8-7-9-17(28)14-16)26(12-13-27)21(31)15(2)25-22(32)34-23(3,4)5/h7-9,14-15,19,27-28H,6,10-13H2,1-5H3,(H,24,30)(H,25,32). The molecule has 0 bridgehead atoms. The number of rotatable bonds is 11. The van der Waals surface area contributed by atoms with Gasteiger partial charge >= 0.3 is 12.1 Å². The highest BCUT2D eigenvalue weighted by molar-refractivity contribution is 5.92. The summed E-state index contributed by atoms with van der Waals surface area (Å²) in [6.07, 6.45) is -0.887. The summed E-state index contributed by atoms with van der Waals surface area (Å²) in [5.74, 6) is -1.91. The molecule has 190 valence electrons. The first-order chi connectivity index (χ1) is 15.9. The molecule has 1 aromatic rings. The highest BCUT2D eigenvalue weighted by atomic mass is 16.6. The predicted molar refractivity (Wildman–Crippen MR) is 123 cm³/mol. The Morgan fingerprint density at radius 3 is 2.41 bits per heavy atom. The largest absolute Gasteiger partial charge is 0.508 e. The molecule has 0 spiro atoms. The molecule has 4 N–H and O–H groups in total. The molecule has 0 aliphatic heterocycles. The molecule has 11 nitrogen and oxygen atoms in total. The van der Waals surface area contributed by atoms with E-state index in [4.69, 9.17) is 9.47 Å². The molecule has 0 radical (unpaired) electrons. The molecule has 0 aliphatic carbocycles. The topological polar surface area (TPSA) is 154 Å². The van der Waals surface area contributed by atoms with Gasteiger partial charge in [-0.25, -0.2) is 4.79 Å². The average molecular weight is 482 g/mol. The van der Waals surface area contributed by atoms with Crippen LogP contribution in [0.1, 0.15) is 52.6 Å². The lowest BCUT2D eigenvalue weighted by atomic mass is 10.0. The number of ether oxygens (including phenoxy) is 2. The minimum absolute atomic E-state index is 0.0418. The van der Waals surface area contributed by atoms with Crippen molar-refractivity contribution in [2.75, 3.05) is 26.3 Å². The Labute approximate surface area is 199 Å². The van der Waals surface area contributed by atoms with Crippen LogP contribution >= 0.6 is 0 Å². The maximum absolute atomic E-state index is 13.2. The summed E-state index contributed by atoms with van der Waals surface area (Å²) in [4.78, 5) is 51.2. The molecule has 0 aromatic heterocycles. The first-order valence-electron chi connectivity index (χ1n) is 11.0. The van der Waals surface area contributed by atoms with Crippen LogP contribution < -0.4 is 10.6 Å². The van der Waals surface area contributed by atoms with E-state index >= 15 is 0 Å². The van der Waals surface area contributed by atoms with Crippen LogP contribution in [0.4, 0.5) is 4.79 Å². The summed E-state index contributed by atoms with van der Waals surface area (Å²) >= 11 is 0. The molecule has 2 atom stereocenters. The van der Waals surface area contributed by atoms with Crippen LogP contribution in [0, 0.1) is 0 Å². The first kappa shape index (κ1) is 28.7. The summed E-state index contributed by atoms with van der Waals surface area (Å²) in [5, 5.41) is 24.5. The molecular weight excluding hydrogens is 446 g/mol. The smallest absolute Gasteiger partial charge is 0.408 e. The van der Waals surface area contributed by atoms with Crippen molar-refractivity contribution in [1.29, 1.82) is 0 Å². The SMILES string of the molecule is CCOC(=O)CCNC(=O)C(c1cccc(O)c1)N(CCO)C(=O)C(C)NC(=O)OC(C)(C)C. The van der Waals surface area contributed by atoms with Gasteiger partial charge < -0.3 is 35.2 Å². The fraction of sp³-hybridized carbons (Fsp3) is 0.565. The number of phenolic OH excluding ortho intramolecular Hbond substituents is 1. The zero-order valence-corrected chi connectivity index (χ0v) is 20.3. The Balaban J connectivity index is 3.15. The van der Waals surface area contributed by atoms with Crippen LogP contribution in [-0.2, 0) is 23.9 Å². The highest BCUT2D eigenvalue weighted by Gasteiger charge is 2.34. The molecule has 0 saturated carbocycles. The van der Waals surface area contributed by atoms with Crippen LogP contribution in [-0.4, -0.2) is 76.9 Å². The van der Waals surface area contributed by atoms with Gasteiger partial charge in [-0.2, -0.15) is 0 Å². The van der Waals surface area contributed by atoms with Gasteiger partial charge in [-0.15, -0.1) is 0 Å². The Morgan fingerprint density at radius 1 is 1.18 bits per heavy atom. The van der Waals surface area contributed by atoms with Crippen LogP contribution in [0.3, 0.4) is 0 Å². The molecule has 0 fully saturated rings. The van der Waals surface area contributed by atoms with Gasteiger partial charge in [-0.3, -0.25) is 14.4 Å². The van der Waals surface area contributed by atoms with Crippen LogP contribution in [0.25, 0.3) is 0 Å². The Hall–Kier alpha value is -3.34. The van der Waals surface area contributed by atoms with E-state index in [9.17, 15) is 29.4 Å². The second-order valence-corrected chi connectivity index (χ2v) is 8.47. The number of aromatic hydroxyl groups is 1. The number of nitrogens with one attached hydrogen (secondary N) is 2. The molecule has 0 saturated heterocycles. The molecule has 0 aliphatic rings. The third-order valence-corrected chi connectivity index (χ3v) is 4.41. The van der Waals surface area contributed by atoms with E-state index in [2.05, 4.69) is 10.6 Å². The number of alkyl carbamates (subject to hydrolysis) is 1. The summed E-state index contributed by atoms with van der Waals surface area (Å²) in [6, 6.07) is 3.43. The van der Waals surface area contributed by atoms with Crippen molar-refractivity contribution in [1.82, 2.24) is 15.5 Å². The Kier molecular flexibility index (Phi) is 11.3. The fourth-order valence-electron chi connectivity index (χ4n) is 3.05. The molecule has 0 heterocycles. The Morgan fingerprint density at radius 2 is 1.85 bits per heavy atom. The molecule has 3 amide bonds. The number of benzene rings is 1. The summed E-state index contributed by atoms with van der Waals surface area (Å²) in [6.45, 7) is 7.59. The van der Waals surface area contributed by atoms with Crippen LogP contribution in [0.2, 0.25) is 0 Å². The molecule has 1 rings (SSSR count). The number of aliphatic hydroxyl groups excluding tert-OH is 1. The normalized spacial score (nSPS) is 12.8. The van der Waals surface area contributed by atoms with Crippen molar-refractivity contribution >= 4 is 23.9 Å². The summed E-state index contributed by atoms with van der Waals surface area (Å²) < 4.78 is 10.0. The minimum Gasteiger partial charge on any atom is -0.508 e. The molecular formula is C23H35N3O8. The van der Waals surface area contributed by atoms with Crippen molar-refractivity contribution in [2.45, 2.75) is 58.7 Å². The van der Waals surface area contributed by atoms with Gasteiger partial charge in [0.05, 0.1) is 19.6 Å². The van der Waals surface area contributed by atoms with Crippen LogP contribution in [0.5, 0.6) is 5.75 Å². The highest BCUT2D eigenvalue weighted by Crippen LogP contribution is 2.25. The average Bonchev–Trinajstić information content (AvgIpc) is 2.71.